The second-order valence-corrected chi connectivity index (χ2v) is 6.19. The molecule has 0 radical (unpaired) electrons. The van der Waals surface area contributed by atoms with Crippen LogP contribution in [0.4, 0.5) is 0 Å². The molecule has 2 heteroatoms. The third-order valence-corrected chi connectivity index (χ3v) is 4.95. The molecule has 1 aromatic carbocycles. The normalized spacial score (nSPS) is 18.9. The lowest BCUT2D eigenvalue weighted by Gasteiger charge is -2.31. The van der Waals surface area contributed by atoms with E-state index in [0.29, 0.717) is 0 Å². The highest BCUT2D eigenvalue weighted by molar-refractivity contribution is 7.99. The predicted molar refractivity (Wildman–Crippen MR) is 67.1 cm³/mol. The minimum absolute atomic E-state index is 0.106. The van der Waals surface area contributed by atoms with E-state index in [4.69, 9.17) is 5.73 Å². The van der Waals surface area contributed by atoms with Gasteiger partial charge in [-0.05, 0) is 30.4 Å². The second-order valence-electron chi connectivity index (χ2n) is 5.14. The van der Waals surface area contributed by atoms with Gasteiger partial charge in [-0.3, -0.25) is 0 Å². The van der Waals surface area contributed by atoms with Crippen LogP contribution in [-0.4, -0.2) is 11.3 Å². The van der Waals surface area contributed by atoms with E-state index in [2.05, 4.69) is 44.2 Å². The average molecular weight is 221 g/mol. The van der Waals surface area contributed by atoms with Crippen LogP contribution in [0.25, 0.3) is 0 Å². The minimum atomic E-state index is 0.106. The van der Waals surface area contributed by atoms with Gasteiger partial charge in [0.15, 0.2) is 0 Å². The first-order valence-corrected chi connectivity index (χ1v) is 6.49. The van der Waals surface area contributed by atoms with Crippen molar-refractivity contribution in [3.8, 4) is 0 Å². The molecule has 0 saturated heterocycles. The van der Waals surface area contributed by atoms with Crippen LogP contribution in [-0.2, 0) is 0 Å². The third-order valence-electron chi connectivity index (χ3n) is 3.48. The Balaban J connectivity index is 1.93. The predicted octanol–water partition coefficient (Wildman–Crippen LogP) is 3.30. The average Bonchev–Trinajstić information content (AvgIpc) is 2.97. The summed E-state index contributed by atoms with van der Waals surface area (Å²) in [5.74, 6) is 1.10. The molecule has 1 aromatic rings. The Morgan fingerprint density at radius 1 is 1.27 bits per heavy atom. The van der Waals surface area contributed by atoms with Gasteiger partial charge in [0.1, 0.15) is 0 Å². The van der Waals surface area contributed by atoms with E-state index in [1.165, 1.54) is 17.7 Å². The first-order chi connectivity index (χ1) is 7.04. The van der Waals surface area contributed by atoms with Gasteiger partial charge in [-0.15, -0.1) is 11.8 Å². The molecule has 2 rings (SSSR count). The molecule has 0 spiro atoms. The van der Waals surface area contributed by atoms with E-state index in [-0.39, 0.29) is 11.0 Å². The summed E-state index contributed by atoms with van der Waals surface area (Å²) in [5.41, 5.74) is 6.62. The number of thioether (sulfide) groups is 1. The maximum atomic E-state index is 6.28. The molecule has 1 aliphatic rings. The van der Waals surface area contributed by atoms with Crippen molar-refractivity contribution in [3.63, 3.8) is 0 Å². The van der Waals surface area contributed by atoms with Crippen LogP contribution in [0.5, 0.6) is 0 Å². The highest BCUT2D eigenvalue weighted by atomic mass is 32.2. The maximum Gasteiger partial charge on any atom is 0.0215 e. The van der Waals surface area contributed by atoms with Crippen molar-refractivity contribution in [1.82, 2.24) is 0 Å². The van der Waals surface area contributed by atoms with Crippen molar-refractivity contribution < 1.29 is 0 Å². The van der Waals surface area contributed by atoms with Gasteiger partial charge in [-0.1, -0.05) is 32.0 Å². The van der Waals surface area contributed by atoms with Gasteiger partial charge >= 0.3 is 0 Å². The number of benzene rings is 1. The monoisotopic (exact) mass is 221 g/mol. The van der Waals surface area contributed by atoms with Crippen molar-refractivity contribution >= 4 is 11.8 Å². The Labute approximate surface area is 96.4 Å². The van der Waals surface area contributed by atoms with Gasteiger partial charge in [-0.25, -0.2) is 0 Å². The number of hydrogen-bond donors (Lipinski definition) is 1. The molecule has 0 aromatic heterocycles. The Hall–Kier alpha value is -0.470. The highest BCUT2D eigenvalue weighted by Gasteiger charge is 2.50. The van der Waals surface area contributed by atoms with Crippen LogP contribution in [0.3, 0.4) is 0 Å². The van der Waals surface area contributed by atoms with Crippen molar-refractivity contribution in [2.75, 3.05) is 5.75 Å². The Morgan fingerprint density at radius 2 is 1.87 bits per heavy atom. The van der Waals surface area contributed by atoms with Gasteiger partial charge < -0.3 is 5.73 Å². The van der Waals surface area contributed by atoms with Crippen molar-refractivity contribution in [2.45, 2.75) is 37.1 Å². The van der Waals surface area contributed by atoms with Crippen LogP contribution < -0.4 is 5.73 Å². The lowest BCUT2D eigenvalue weighted by atomic mass is 9.85. The molecule has 0 heterocycles. The third kappa shape index (κ3) is 2.37. The smallest absolute Gasteiger partial charge is 0.0215 e. The molecular formula is C13H19NS. The van der Waals surface area contributed by atoms with Crippen molar-refractivity contribution in [1.29, 1.82) is 0 Å². The van der Waals surface area contributed by atoms with E-state index in [1.54, 1.807) is 0 Å². The van der Waals surface area contributed by atoms with E-state index in [1.807, 2.05) is 11.8 Å². The fourth-order valence-electron chi connectivity index (χ4n) is 1.74. The summed E-state index contributed by atoms with van der Waals surface area (Å²) in [6, 6.07) is 10.6. The van der Waals surface area contributed by atoms with Crippen molar-refractivity contribution in [3.05, 3.63) is 30.3 Å². The van der Waals surface area contributed by atoms with Crippen LogP contribution in [0.1, 0.15) is 26.7 Å². The number of nitrogens with two attached hydrogens (primary N) is 1. The molecule has 0 atom stereocenters. The largest absolute Gasteiger partial charge is 0.325 e. The lowest BCUT2D eigenvalue weighted by molar-refractivity contribution is 0.309. The van der Waals surface area contributed by atoms with Gasteiger partial charge in [0.25, 0.3) is 0 Å². The first-order valence-electron chi connectivity index (χ1n) is 5.50. The summed E-state index contributed by atoms with van der Waals surface area (Å²) in [6.45, 7) is 4.58. The summed E-state index contributed by atoms with van der Waals surface area (Å²) in [6.07, 6.45) is 2.38. The Kier molecular flexibility index (Phi) is 2.82. The molecular weight excluding hydrogens is 202 g/mol. The molecule has 1 aliphatic carbocycles. The zero-order valence-corrected chi connectivity index (χ0v) is 10.3. The van der Waals surface area contributed by atoms with E-state index >= 15 is 0 Å². The quantitative estimate of drug-likeness (QED) is 0.789. The fourth-order valence-corrected chi connectivity index (χ4v) is 2.90. The molecule has 2 N–H and O–H groups in total. The molecule has 1 saturated carbocycles. The van der Waals surface area contributed by atoms with Crippen LogP contribution in [0.15, 0.2) is 35.2 Å². The zero-order chi connectivity index (χ0) is 10.9. The summed E-state index contributed by atoms with van der Waals surface area (Å²) < 4.78 is 0. The maximum absolute atomic E-state index is 6.28. The van der Waals surface area contributed by atoms with Gasteiger partial charge in [0, 0.05) is 16.2 Å². The molecule has 82 valence electrons. The Bertz CT molecular complexity index is 328. The number of hydrogen-bond acceptors (Lipinski definition) is 2. The Morgan fingerprint density at radius 3 is 2.40 bits per heavy atom. The van der Waals surface area contributed by atoms with Crippen molar-refractivity contribution in [2.24, 2.45) is 11.1 Å². The molecule has 0 bridgehead atoms. The first kappa shape index (κ1) is 11.0. The molecule has 0 amide bonds. The second kappa shape index (κ2) is 3.84. The highest BCUT2D eigenvalue weighted by Crippen LogP contribution is 2.49. The van der Waals surface area contributed by atoms with Crippen LogP contribution >= 0.6 is 11.8 Å². The van der Waals surface area contributed by atoms with E-state index < -0.39 is 0 Å². The van der Waals surface area contributed by atoms with Crippen LogP contribution in [0.2, 0.25) is 0 Å². The lowest BCUT2D eigenvalue weighted by Crippen LogP contribution is -2.41. The van der Waals surface area contributed by atoms with E-state index in [9.17, 15) is 0 Å². The standard InChI is InChI=1S/C13H19NS/c1-12(2,13(14)8-9-13)10-15-11-6-4-3-5-7-11/h3-7H,8-10,14H2,1-2H3. The van der Waals surface area contributed by atoms with Gasteiger partial charge in [0.05, 0.1) is 0 Å². The SMILES string of the molecule is CC(C)(CSc1ccccc1)C1(N)CC1. The summed E-state index contributed by atoms with van der Waals surface area (Å²) in [7, 11) is 0. The molecule has 0 aliphatic heterocycles. The van der Waals surface area contributed by atoms with Gasteiger partial charge in [-0.2, -0.15) is 0 Å². The summed E-state index contributed by atoms with van der Waals surface area (Å²) in [4.78, 5) is 1.34. The van der Waals surface area contributed by atoms with E-state index in [0.717, 1.165) is 5.75 Å². The molecule has 1 nitrogen and oxygen atoms in total. The zero-order valence-electron chi connectivity index (χ0n) is 9.49. The number of rotatable bonds is 4. The van der Waals surface area contributed by atoms with Crippen LogP contribution in [0, 0.1) is 5.41 Å². The van der Waals surface area contributed by atoms with Gasteiger partial charge in [0.2, 0.25) is 0 Å². The summed E-state index contributed by atoms with van der Waals surface area (Å²) >= 11 is 1.91. The molecule has 0 unspecified atom stereocenters. The molecule has 15 heavy (non-hydrogen) atoms. The minimum Gasteiger partial charge on any atom is -0.325 e. The fraction of sp³-hybridized carbons (Fsp3) is 0.538. The summed E-state index contributed by atoms with van der Waals surface area (Å²) in [5, 5.41) is 0. The topological polar surface area (TPSA) is 26.0 Å². The molecule has 1 fully saturated rings.